The molecule has 0 radical (unpaired) electrons. The summed E-state index contributed by atoms with van der Waals surface area (Å²) in [5.41, 5.74) is 3.99. The molecule has 0 N–H and O–H groups in total. The lowest BCUT2D eigenvalue weighted by Gasteiger charge is -2.30. The fraction of sp³-hybridized carbons (Fsp3) is 0.421. The number of ether oxygens (including phenoxy) is 1. The number of nitrogens with zero attached hydrogens (tertiary/aromatic N) is 4. The van der Waals surface area contributed by atoms with Crippen LogP contribution in [0.15, 0.2) is 30.5 Å². The van der Waals surface area contributed by atoms with Crippen LogP contribution in [0.3, 0.4) is 0 Å². The number of morpholine rings is 1. The Labute approximate surface area is 147 Å². The third-order valence-corrected chi connectivity index (χ3v) is 4.81. The van der Waals surface area contributed by atoms with Crippen LogP contribution in [0.25, 0.3) is 0 Å². The number of carbonyl (C=O) groups is 1. The number of anilines is 1. The summed E-state index contributed by atoms with van der Waals surface area (Å²) in [5, 5.41) is 0. The Morgan fingerprint density at radius 2 is 1.88 bits per heavy atom. The number of rotatable bonds is 2. The van der Waals surface area contributed by atoms with E-state index in [0.29, 0.717) is 26.3 Å². The van der Waals surface area contributed by atoms with Gasteiger partial charge in [0.25, 0.3) is 5.91 Å². The van der Waals surface area contributed by atoms with Crippen LogP contribution < -0.4 is 4.90 Å². The van der Waals surface area contributed by atoms with Crippen molar-refractivity contribution in [1.82, 2.24) is 14.9 Å². The number of aromatic nitrogens is 2. The van der Waals surface area contributed by atoms with Gasteiger partial charge in [0.1, 0.15) is 0 Å². The van der Waals surface area contributed by atoms with E-state index in [1.54, 1.807) is 0 Å². The summed E-state index contributed by atoms with van der Waals surface area (Å²) < 4.78 is 5.39. The van der Waals surface area contributed by atoms with Gasteiger partial charge in [0.2, 0.25) is 5.95 Å². The predicted octanol–water partition coefficient (Wildman–Crippen LogP) is 1.82. The second-order valence-electron chi connectivity index (χ2n) is 6.58. The van der Waals surface area contributed by atoms with Gasteiger partial charge in [-0.2, -0.15) is 0 Å². The second kappa shape index (κ2) is 6.80. The molecule has 0 bridgehead atoms. The average Bonchev–Trinajstić information content (AvgIpc) is 2.68. The molecule has 0 spiro atoms. The van der Waals surface area contributed by atoms with Crippen molar-refractivity contribution >= 4 is 11.9 Å². The fourth-order valence-corrected chi connectivity index (χ4v) is 3.26. The smallest absolute Gasteiger partial charge is 0.254 e. The molecular weight excluding hydrogens is 316 g/mol. The van der Waals surface area contributed by atoms with E-state index in [1.165, 1.54) is 0 Å². The molecule has 0 aliphatic carbocycles. The fourth-order valence-electron chi connectivity index (χ4n) is 3.26. The summed E-state index contributed by atoms with van der Waals surface area (Å²) in [5.74, 6) is 0.809. The summed E-state index contributed by atoms with van der Waals surface area (Å²) in [4.78, 5) is 26.0. The van der Waals surface area contributed by atoms with Crippen LogP contribution >= 0.6 is 0 Å². The first-order valence-corrected chi connectivity index (χ1v) is 8.74. The first-order valence-electron chi connectivity index (χ1n) is 8.74. The highest BCUT2D eigenvalue weighted by molar-refractivity contribution is 5.94. The molecule has 6 heteroatoms. The van der Waals surface area contributed by atoms with E-state index in [-0.39, 0.29) is 5.91 Å². The lowest BCUT2D eigenvalue weighted by molar-refractivity contribution is 0.0731. The number of benzene rings is 1. The Kier molecular flexibility index (Phi) is 4.36. The Morgan fingerprint density at radius 1 is 1.12 bits per heavy atom. The molecule has 1 amide bonds. The van der Waals surface area contributed by atoms with Crippen LogP contribution in [-0.2, 0) is 17.7 Å². The van der Waals surface area contributed by atoms with Crippen LogP contribution in [0, 0.1) is 6.92 Å². The number of aryl methyl sites for hydroxylation is 1. The molecule has 2 aromatic rings. The van der Waals surface area contributed by atoms with E-state index in [4.69, 9.17) is 9.72 Å². The molecular formula is C19H22N4O2. The zero-order chi connectivity index (χ0) is 17.2. The van der Waals surface area contributed by atoms with Crippen molar-refractivity contribution in [3.05, 3.63) is 52.8 Å². The Balaban J connectivity index is 1.53. The number of hydrogen-bond donors (Lipinski definition) is 0. The molecule has 0 saturated carbocycles. The van der Waals surface area contributed by atoms with Gasteiger partial charge in [0.15, 0.2) is 0 Å². The summed E-state index contributed by atoms with van der Waals surface area (Å²) in [6.45, 7) is 6.31. The molecule has 1 aromatic heterocycles. The van der Waals surface area contributed by atoms with Crippen molar-refractivity contribution in [2.75, 3.05) is 37.7 Å². The van der Waals surface area contributed by atoms with E-state index in [9.17, 15) is 4.79 Å². The normalized spacial score (nSPS) is 17.3. The van der Waals surface area contributed by atoms with Crippen molar-refractivity contribution in [2.45, 2.75) is 19.9 Å². The Morgan fingerprint density at radius 3 is 2.64 bits per heavy atom. The minimum absolute atomic E-state index is 0.0668. The van der Waals surface area contributed by atoms with Gasteiger partial charge >= 0.3 is 0 Å². The Hall–Kier alpha value is -2.47. The quantitative estimate of drug-likeness (QED) is 0.836. The molecule has 3 heterocycles. The Bertz CT molecular complexity index is 769. The number of carbonyl (C=O) groups excluding carboxylic acids is 1. The summed E-state index contributed by atoms with van der Waals surface area (Å²) in [6.07, 6.45) is 2.72. The van der Waals surface area contributed by atoms with Crippen molar-refractivity contribution in [3.8, 4) is 0 Å². The van der Waals surface area contributed by atoms with Crippen molar-refractivity contribution in [2.24, 2.45) is 0 Å². The van der Waals surface area contributed by atoms with Crippen LogP contribution in [0.2, 0.25) is 0 Å². The van der Waals surface area contributed by atoms with Gasteiger partial charge < -0.3 is 14.5 Å². The average molecular weight is 338 g/mol. The van der Waals surface area contributed by atoms with Crippen LogP contribution in [0.5, 0.6) is 0 Å². The predicted molar refractivity (Wildman–Crippen MR) is 94.7 cm³/mol. The molecule has 1 fully saturated rings. The minimum Gasteiger partial charge on any atom is -0.378 e. The van der Waals surface area contributed by atoms with Crippen LogP contribution in [0.4, 0.5) is 5.95 Å². The zero-order valence-electron chi connectivity index (χ0n) is 14.4. The van der Waals surface area contributed by atoms with Crippen molar-refractivity contribution < 1.29 is 9.53 Å². The molecule has 0 unspecified atom stereocenters. The van der Waals surface area contributed by atoms with E-state index >= 15 is 0 Å². The topological polar surface area (TPSA) is 58.6 Å². The summed E-state index contributed by atoms with van der Waals surface area (Å²) >= 11 is 0. The lowest BCUT2D eigenvalue weighted by Crippen LogP contribution is -2.39. The molecule has 1 aromatic carbocycles. The van der Waals surface area contributed by atoms with Gasteiger partial charge in [-0.05, 0) is 31.0 Å². The first-order chi connectivity index (χ1) is 12.2. The monoisotopic (exact) mass is 338 g/mol. The second-order valence-corrected chi connectivity index (χ2v) is 6.58. The minimum atomic E-state index is 0.0668. The molecule has 2 aliphatic heterocycles. The molecule has 2 aliphatic rings. The van der Waals surface area contributed by atoms with E-state index < -0.39 is 0 Å². The number of hydrogen-bond acceptors (Lipinski definition) is 5. The first kappa shape index (κ1) is 16.0. The third kappa shape index (κ3) is 3.35. The SMILES string of the molecule is Cc1ccc(C(=O)N2CCc3cnc(N4CCOCC4)nc3C2)cc1. The van der Waals surface area contributed by atoms with Crippen LogP contribution in [-0.4, -0.2) is 53.6 Å². The molecule has 0 atom stereocenters. The molecule has 6 nitrogen and oxygen atoms in total. The molecule has 130 valence electrons. The van der Waals surface area contributed by atoms with Gasteiger partial charge in [-0.1, -0.05) is 17.7 Å². The third-order valence-electron chi connectivity index (χ3n) is 4.81. The maximum atomic E-state index is 12.8. The summed E-state index contributed by atoms with van der Waals surface area (Å²) in [7, 11) is 0. The number of fused-ring (bicyclic) bond motifs is 1. The van der Waals surface area contributed by atoms with Gasteiger partial charge in [-0.3, -0.25) is 4.79 Å². The van der Waals surface area contributed by atoms with Gasteiger partial charge in [-0.15, -0.1) is 0 Å². The van der Waals surface area contributed by atoms with E-state index in [1.807, 2.05) is 42.3 Å². The zero-order valence-corrected chi connectivity index (χ0v) is 14.4. The molecule has 4 rings (SSSR count). The molecule has 1 saturated heterocycles. The highest BCUT2D eigenvalue weighted by Crippen LogP contribution is 2.21. The van der Waals surface area contributed by atoms with E-state index in [0.717, 1.165) is 47.8 Å². The highest BCUT2D eigenvalue weighted by Gasteiger charge is 2.24. The highest BCUT2D eigenvalue weighted by atomic mass is 16.5. The van der Waals surface area contributed by atoms with Crippen molar-refractivity contribution in [1.29, 1.82) is 0 Å². The van der Waals surface area contributed by atoms with E-state index in [2.05, 4.69) is 9.88 Å². The standard InChI is InChI=1S/C19H22N4O2/c1-14-2-4-15(5-3-14)18(24)23-7-6-16-12-20-19(21-17(16)13-23)22-8-10-25-11-9-22/h2-5,12H,6-11,13H2,1H3. The largest absolute Gasteiger partial charge is 0.378 e. The summed E-state index contributed by atoms with van der Waals surface area (Å²) in [6, 6.07) is 7.74. The maximum absolute atomic E-state index is 12.8. The van der Waals surface area contributed by atoms with Crippen molar-refractivity contribution in [3.63, 3.8) is 0 Å². The van der Waals surface area contributed by atoms with Gasteiger partial charge in [-0.25, -0.2) is 9.97 Å². The van der Waals surface area contributed by atoms with Gasteiger partial charge in [0, 0.05) is 31.4 Å². The number of amides is 1. The lowest BCUT2D eigenvalue weighted by atomic mass is 10.1. The maximum Gasteiger partial charge on any atom is 0.254 e. The van der Waals surface area contributed by atoms with Gasteiger partial charge in [0.05, 0.1) is 25.5 Å². The van der Waals surface area contributed by atoms with Crippen LogP contribution in [0.1, 0.15) is 27.2 Å². The molecule has 25 heavy (non-hydrogen) atoms.